The quantitative estimate of drug-likeness (QED) is 0.880. The second-order valence-electron chi connectivity index (χ2n) is 4.52. The number of benzene rings is 1. The molecule has 1 aromatic heterocycles. The zero-order chi connectivity index (χ0) is 13.7. The maximum atomic E-state index is 11.6. The van der Waals surface area contributed by atoms with E-state index in [0.717, 1.165) is 11.3 Å². The highest BCUT2D eigenvalue weighted by molar-refractivity contribution is 7.15. The van der Waals surface area contributed by atoms with E-state index >= 15 is 0 Å². The summed E-state index contributed by atoms with van der Waals surface area (Å²) in [5.41, 5.74) is 6.81. The van der Waals surface area contributed by atoms with Crippen molar-refractivity contribution in [1.82, 2.24) is 4.98 Å². The van der Waals surface area contributed by atoms with Gasteiger partial charge in [-0.05, 0) is 12.5 Å². The van der Waals surface area contributed by atoms with Crippen LogP contribution < -0.4 is 11.1 Å². The Bertz CT molecular complexity index is 537. The number of nitrogens with one attached hydrogen (secondary N) is 1. The third kappa shape index (κ3) is 4.46. The Morgan fingerprint density at radius 2 is 2.16 bits per heavy atom. The van der Waals surface area contributed by atoms with Gasteiger partial charge in [0.1, 0.15) is 0 Å². The van der Waals surface area contributed by atoms with E-state index in [1.165, 1.54) is 16.9 Å². The molecule has 0 aliphatic rings. The van der Waals surface area contributed by atoms with Crippen LogP contribution in [0, 0.1) is 0 Å². The van der Waals surface area contributed by atoms with Crippen molar-refractivity contribution in [2.75, 3.05) is 5.32 Å². The molecule has 0 fully saturated rings. The van der Waals surface area contributed by atoms with Crippen molar-refractivity contribution in [1.29, 1.82) is 0 Å². The largest absolute Gasteiger partial charge is 0.327 e. The molecule has 1 aromatic carbocycles. The Morgan fingerprint density at radius 1 is 1.42 bits per heavy atom. The summed E-state index contributed by atoms with van der Waals surface area (Å²) in [5.74, 6) is -0.0874. The van der Waals surface area contributed by atoms with E-state index < -0.39 is 0 Å². The molecule has 0 spiro atoms. The van der Waals surface area contributed by atoms with Crippen molar-refractivity contribution in [2.45, 2.75) is 25.8 Å². The summed E-state index contributed by atoms with van der Waals surface area (Å²) in [5, 5.41) is 3.40. The number of thiazole rings is 1. The van der Waals surface area contributed by atoms with Crippen LogP contribution in [0.1, 0.15) is 23.8 Å². The van der Waals surface area contributed by atoms with E-state index in [1.54, 1.807) is 6.20 Å². The maximum Gasteiger partial charge on any atom is 0.227 e. The smallest absolute Gasteiger partial charge is 0.227 e. The van der Waals surface area contributed by atoms with E-state index in [1.807, 2.05) is 25.1 Å². The lowest BCUT2D eigenvalue weighted by molar-refractivity contribution is -0.116. The van der Waals surface area contributed by atoms with Gasteiger partial charge in [-0.15, -0.1) is 11.3 Å². The molecule has 0 bridgehead atoms. The average Bonchev–Trinajstić information content (AvgIpc) is 2.76. The summed E-state index contributed by atoms with van der Waals surface area (Å²) in [6.07, 6.45) is 2.95. The topological polar surface area (TPSA) is 68.0 Å². The Morgan fingerprint density at radius 3 is 2.84 bits per heavy atom. The predicted octanol–water partition coefficient (Wildman–Crippen LogP) is 2.41. The number of amides is 1. The minimum absolute atomic E-state index is 0.0874. The lowest BCUT2D eigenvalue weighted by atomic mass is 10.1. The van der Waals surface area contributed by atoms with E-state index in [9.17, 15) is 4.79 Å². The van der Waals surface area contributed by atoms with Crippen LogP contribution in [0.15, 0.2) is 36.5 Å². The molecule has 1 atom stereocenters. The van der Waals surface area contributed by atoms with Crippen LogP contribution in [0.4, 0.5) is 5.13 Å². The van der Waals surface area contributed by atoms with Crippen molar-refractivity contribution >= 4 is 22.4 Å². The van der Waals surface area contributed by atoms with Gasteiger partial charge in [-0.1, -0.05) is 30.3 Å². The van der Waals surface area contributed by atoms with E-state index in [4.69, 9.17) is 5.73 Å². The summed E-state index contributed by atoms with van der Waals surface area (Å²) in [4.78, 5) is 16.9. The molecule has 0 aliphatic carbocycles. The van der Waals surface area contributed by atoms with Crippen LogP contribution in [-0.2, 0) is 11.2 Å². The Kier molecular flexibility index (Phi) is 4.65. The SMILES string of the molecule is CC(N)CC(=O)Nc1ncc(Cc2ccccc2)s1. The zero-order valence-electron chi connectivity index (χ0n) is 10.8. The number of hydrogen-bond acceptors (Lipinski definition) is 4. The van der Waals surface area contributed by atoms with Gasteiger partial charge >= 0.3 is 0 Å². The fourth-order valence-corrected chi connectivity index (χ4v) is 2.57. The molecule has 0 saturated carbocycles. The molecular formula is C14H17N3OS. The number of carbonyl (C=O) groups is 1. The third-order valence-corrected chi connectivity index (χ3v) is 3.44. The van der Waals surface area contributed by atoms with Crippen LogP contribution in [0.5, 0.6) is 0 Å². The van der Waals surface area contributed by atoms with Crippen LogP contribution in [0.3, 0.4) is 0 Å². The standard InChI is InChI=1S/C14H17N3OS/c1-10(15)7-13(18)17-14-16-9-12(19-14)8-11-5-3-2-4-6-11/h2-6,9-10H,7-8,15H2,1H3,(H,16,17,18). The Labute approximate surface area is 116 Å². The Balaban J connectivity index is 1.94. The number of aromatic nitrogens is 1. The molecule has 19 heavy (non-hydrogen) atoms. The van der Waals surface area contributed by atoms with Crippen LogP contribution in [0.2, 0.25) is 0 Å². The highest BCUT2D eigenvalue weighted by Gasteiger charge is 2.08. The molecule has 0 saturated heterocycles. The Hall–Kier alpha value is -1.72. The maximum absolute atomic E-state index is 11.6. The minimum Gasteiger partial charge on any atom is -0.327 e. The monoisotopic (exact) mass is 275 g/mol. The zero-order valence-corrected chi connectivity index (χ0v) is 11.6. The highest BCUT2D eigenvalue weighted by Crippen LogP contribution is 2.21. The van der Waals surface area contributed by atoms with Crippen LogP contribution in [0.25, 0.3) is 0 Å². The first-order valence-electron chi connectivity index (χ1n) is 6.17. The van der Waals surface area contributed by atoms with Gasteiger partial charge in [0, 0.05) is 30.0 Å². The van der Waals surface area contributed by atoms with Crippen molar-refractivity contribution in [3.05, 3.63) is 47.0 Å². The first kappa shape index (κ1) is 13.7. The van der Waals surface area contributed by atoms with Crippen molar-refractivity contribution in [3.63, 3.8) is 0 Å². The molecule has 4 nitrogen and oxygen atoms in total. The molecular weight excluding hydrogens is 258 g/mol. The van der Waals surface area contributed by atoms with E-state index in [2.05, 4.69) is 22.4 Å². The highest BCUT2D eigenvalue weighted by atomic mass is 32.1. The molecule has 1 amide bonds. The van der Waals surface area contributed by atoms with Gasteiger partial charge in [-0.3, -0.25) is 4.79 Å². The second-order valence-corrected chi connectivity index (χ2v) is 5.64. The van der Waals surface area contributed by atoms with Crippen molar-refractivity contribution in [2.24, 2.45) is 5.73 Å². The van der Waals surface area contributed by atoms with Gasteiger partial charge < -0.3 is 11.1 Å². The number of nitrogens with two attached hydrogens (primary N) is 1. The van der Waals surface area contributed by atoms with Gasteiger partial charge in [0.2, 0.25) is 5.91 Å². The number of nitrogens with zero attached hydrogens (tertiary/aromatic N) is 1. The predicted molar refractivity (Wildman–Crippen MR) is 78.3 cm³/mol. The van der Waals surface area contributed by atoms with Gasteiger partial charge in [0.25, 0.3) is 0 Å². The molecule has 100 valence electrons. The second kappa shape index (κ2) is 6.45. The lowest BCUT2D eigenvalue weighted by Gasteiger charge is -2.03. The fraction of sp³-hybridized carbons (Fsp3) is 0.286. The molecule has 5 heteroatoms. The number of hydrogen-bond donors (Lipinski definition) is 2. The minimum atomic E-state index is -0.135. The summed E-state index contributed by atoms with van der Waals surface area (Å²) < 4.78 is 0. The summed E-state index contributed by atoms with van der Waals surface area (Å²) in [7, 11) is 0. The van der Waals surface area contributed by atoms with Gasteiger partial charge in [-0.25, -0.2) is 4.98 Å². The first-order chi connectivity index (χ1) is 9.13. The first-order valence-corrected chi connectivity index (χ1v) is 6.99. The molecule has 0 radical (unpaired) electrons. The van der Waals surface area contributed by atoms with E-state index in [-0.39, 0.29) is 11.9 Å². The molecule has 2 rings (SSSR count). The molecule has 3 N–H and O–H groups in total. The van der Waals surface area contributed by atoms with E-state index in [0.29, 0.717) is 11.6 Å². The van der Waals surface area contributed by atoms with Crippen molar-refractivity contribution < 1.29 is 4.79 Å². The summed E-state index contributed by atoms with van der Waals surface area (Å²) in [6, 6.07) is 10.0. The lowest BCUT2D eigenvalue weighted by Crippen LogP contribution is -2.23. The number of anilines is 1. The summed E-state index contributed by atoms with van der Waals surface area (Å²) >= 11 is 1.50. The molecule has 1 unspecified atom stereocenters. The number of carbonyl (C=O) groups excluding carboxylic acids is 1. The van der Waals surface area contributed by atoms with Gasteiger partial charge in [-0.2, -0.15) is 0 Å². The molecule has 0 aliphatic heterocycles. The summed E-state index contributed by atoms with van der Waals surface area (Å²) in [6.45, 7) is 1.81. The van der Waals surface area contributed by atoms with Gasteiger partial charge in [0.05, 0.1) is 0 Å². The molecule has 1 heterocycles. The van der Waals surface area contributed by atoms with Crippen LogP contribution >= 0.6 is 11.3 Å². The van der Waals surface area contributed by atoms with Crippen molar-refractivity contribution in [3.8, 4) is 0 Å². The van der Waals surface area contributed by atoms with Gasteiger partial charge in [0.15, 0.2) is 5.13 Å². The molecule has 2 aromatic rings. The fourth-order valence-electron chi connectivity index (χ4n) is 1.71. The van der Waals surface area contributed by atoms with Crippen LogP contribution in [-0.4, -0.2) is 16.9 Å². The average molecular weight is 275 g/mol. The number of rotatable bonds is 5. The normalized spacial score (nSPS) is 12.1. The third-order valence-electron chi connectivity index (χ3n) is 2.53.